The minimum Gasteiger partial charge on any atom is -0.465 e. The van der Waals surface area contributed by atoms with Gasteiger partial charge in [-0.3, -0.25) is 19.2 Å². The third-order valence-corrected chi connectivity index (χ3v) is 12.7. The lowest BCUT2D eigenvalue weighted by Crippen LogP contribution is -2.27. The first-order chi connectivity index (χ1) is 31.8. The van der Waals surface area contributed by atoms with Gasteiger partial charge in [-0.1, -0.05) is 169 Å². The van der Waals surface area contributed by atoms with E-state index >= 15 is 0 Å². The molecule has 384 valence electrons. The number of carbonyl (C=O) groups is 4. The average Bonchev–Trinajstić information content (AvgIpc) is 3.30. The molecule has 0 bridgehead atoms. The monoisotopic (exact) mass is 924 g/mol. The lowest BCUT2D eigenvalue weighted by atomic mass is 10.0. The van der Waals surface area contributed by atoms with Crippen LogP contribution in [-0.4, -0.2) is 86.6 Å². The van der Waals surface area contributed by atoms with E-state index in [0.717, 1.165) is 180 Å². The van der Waals surface area contributed by atoms with Gasteiger partial charge >= 0.3 is 23.9 Å². The Bertz CT molecular complexity index is 936. The average molecular weight is 924 g/mol. The second-order valence-corrected chi connectivity index (χ2v) is 19.2. The van der Waals surface area contributed by atoms with E-state index in [1.54, 1.807) is 0 Å². The molecule has 0 aliphatic heterocycles. The molecule has 0 atom stereocenters. The lowest BCUT2D eigenvalue weighted by Gasteiger charge is -2.22. The molecular weight excluding hydrogens is 819 g/mol. The first kappa shape index (κ1) is 62.8. The van der Waals surface area contributed by atoms with E-state index in [2.05, 4.69) is 32.6 Å². The van der Waals surface area contributed by atoms with Gasteiger partial charge in [-0.05, 0) is 90.3 Å². The van der Waals surface area contributed by atoms with Gasteiger partial charge in [0.05, 0.1) is 26.4 Å². The van der Waals surface area contributed by atoms with Crippen LogP contribution in [-0.2, 0) is 38.1 Å². The molecule has 0 saturated heterocycles. The smallest absolute Gasteiger partial charge is 0.305 e. The Balaban J connectivity index is 4.90. The third-order valence-electron chi connectivity index (χ3n) is 12.7. The van der Waals surface area contributed by atoms with Gasteiger partial charge < -0.3 is 29.0 Å². The van der Waals surface area contributed by atoms with Gasteiger partial charge in [0.15, 0.2) is 0 Å². The first-order valence-corrected chi connectivity index (χ1v) is 27.7. The molecule has 65 heavy (non-hydrogen) atoms. The number of carbonyl (C=O) groups excluding carboxylic acids is 4. The molecule has 0 aromatic heterocycles. The van der Waals surface area contributed by atoms with Crippen molar-refractivity contribution in [2.24, 2.45) is 11.8 Å². The Morgan fingerprint density at radius 3 is 0.862 bits per heavy atom. The zero-order valence-corrected chi connectivity index (χ0v) is 43.1. The molecule has 0 aliphatic rings. The molecule has 0 amide bonds. The highest BCUT2D eigenvalue weighted by atomic mass is 16.6. The van der Waals surface area contributed by atoms with Crippen molar-refractivity contribution in [3.05, 3.63) is 0 Å². The van der Waals surface area contributed by atoms with Crippen molar-refractivity contribution in [1.82, 2.24) is 4.90 Å². The Hall–Kier alpha value is -2.20. The molecule has 1 N–H and O–H groups in total. The molecule has 0 aromatic carbocycles. The summed E-state index contributed by atoms with van der Waals surface area (Å²) in [6, 6.07) is 0. The van der Waals surface area contributed by atoms with E-state index < -0.39 is 0 Å². The highest BCUT2D eigenvalue weighted by Gasteiger charge is 2.17. The van der Waals surface area contributed by atoms with Gasteiger partial charge in [0, 0.05) is 44.1 Å². The number of rotatable bonds is 51. The number of ether oxygens (including phenoxy) is 4. The maximum Gasteiger partial charge on any atom is 0.305 e. The SMILES string of the molecule is CCCCCCCC(=O)OCC(CCCCCCN(CCCCCO)CCCCCCC(COC(=O)CCCCCCC)COC(=O)CCCCCCC)COC(=O)CCCCCCC. The summed E-state index contributed by atoms with van der Waals surface area (Å²) in [5, 5.41) is 9.33. The molecule has 0 spiro atoms. The molecule has 0 unspecified atom stereocenters. The number of nitrogens with zero attached hydrogens (tertiary/aromatic N) is 1. The van der Waals surface area contributed by atoms with Crippen LogP contribution in [0.25, 0.3) is 0 Å². The van der Waals surface area contributed by atoms with Crippen LogP contribution < -0.4 is 0 Å². The molecule has 0 heterocycles. The van der Waals surface area contributed by atoms with E-state index in [0.29, 0.717) is 52.1 Å². The molecule has 0 saturated carbocycles. The fourth-order valence-corrected chi connectivity index (χ4v) is 8.26. The van der Waals surface area contributed by atoms with Crippen molar-refractivity contribution < 1.29 is 43.2 Å². The first-order valence-electron chi connectivity index (χ1n) is 27.7. The Kier molecular flexibility index (Phi) is 48.0. The van der Waals surface area contributed by atoms with Crippen LogP contribution in [0, 0.1) is 11.8 Å². The van der Waals surface area contributed by atoms with Crippen LogP contribution in [0.2, 0.25) is 0 Å². The summed E-state index contributed by atoms with van der Waals surface area (Å²) in [6.07, 6.45) is 37.2. The van der Waals surface area contributed by atoms with Crippen LogP contribution in [0.5, 0.6) is 0 Å². The van der Waals surface area contributed by atoms with Crippen molar-refractivity contribution >= 4 is 23.9 Å². The minimum atomic E-state index is -0.139. The van der Waals surface area contributed by atoms with Crippen LogP contribution in [0.15, 0.2) is 0 Å². The number of hydrogen-bond acceptors (Lipinski definition) is 10. The standard InChI is InChI=1S/C55H105NO9/c1-5-9-13-17-28-38-52(58)62-46-50(47-63-53(59)39-29-18-14-10-6-2)36-26-21-23-32-42-56(44-34-25-35-45-57)43-33-24-22-27-37-51(48-64-54(60)40-30-19-15-11-7-3)49-65-55(61)41-31-20-16-12-8-4/h50-51,57H,5-49H2,1-4H3. The molecule has 0 aromatic rings. The van der Waals surface area contributed by atoms with Crippen molar-refractivity contribution in [2.75, 3.05) is 52.7 Å². The number of hydrogen-bond donors (Lipinski definition) is 1. The molecule has 0 fully saturated rings. The van der Waals surface area contributed by atoms with E-state index in [4.69, 9.17) is 18.9 Å². The quantitative estimate of drug-likeness (QED) is 0.0358. The second kappa shape index (κ2) is 49.7. The van der Waals surface area contributed by atoms with Gasteiger partial charge in [-0.25, -0.2) is 0 Å². The zero-order chi connectivity index (χ0) is 47.7. The number of aliphatic hydroxyl groups is 1. The highest BCUT2D eigenvalue weighted by molar-refractivity contribution is 5.70. The summed E-state index contributed by atoms with van der Waals surface area (Å²) < 4.78 is 22.8. The minimum absolute atomic E-state index is 0.0293. The third kappa shape index (κ3) is 45.4. The van der Waals surface area contributed by atoms with E-state index in [9.17, 15) is 24.3 Å². The summed E-state index contributed by atoms with van der Waals surface area (Å²) in [5.74, 6) is -0.498. The maximum absolute atomic E-state index is 12.5. The van der Waals surface area contributed by atoms with Crippen LogP contribution in [0.4, 0.5) is 0 Å². The van der Waals surface area contributed by atoms with E-state index in [-0.39, 0.29) is 42.3 Å². The van der Waals surface area contributed by atoms with Crippen LogP contribution >= 0.6 is 0 Å². The summed E-state index contributed by atoms with van der Waals surface area (Å²) in [6.45, 7) is 13.4. The fourth-order valence-electron chi connectivity index (χ4n) is 8.26. The largest absolute Gasteiger partial charge is 0.465 e. The predicted molar refractivity (Wildman–Crippen MR) is 268 cm³/mol. The van der Waals surface area contributed by atoms with Crippen molar-refractivity contribution in [3.8, 4) is 0 Å². The lowest BCUT2D eigenvalue weighted by molar-refractivity contribution is -0.151. The molecule has 0 aliphatic carbocycles. The fraction of sp³-hybridized carbons (Fsp3) is 0.927. The summed E-state index contributed by atoms with van der Waals surface area (Å²) in [4.78, 5) is 52.6. The second-order valence-electron chi connectivity index (χ2n) is 19.2. The highest BCUT2D eigenvalue weighted by Crippen LogP contribution is 2.18. The summed E-state index contributed by atoms with van der Waals surface area (Å²) in [7, 11) is 0. The normalized spacial score (nSPS) is 11.5. The van der Waals surface area contributed by atoms with Gasteiger partial charge in [-0.2, -0.15) is 0 Å². The number of esters is 4. The molecule has 10 nitrogen and oxygen atoms in total. The van der Waals surface area contributed by atoms with Crippen LogP contribution in [0.3, 0.4) is 0 Å². The Labute approximate surface area is 400 Å². The van der Waals surface area contributed by atoms with Crippen molar-refractivity contribution in [3.63, 3.8) is 0 Å². The molecule has 10 heteroatoms. The van der Waals surface area contributed by atoms with Gasteiger partial charge in [0.1, 0.15) is 0 Å². The number of unbranched alkanes of at least 4 members (excludes halogenated alkanes) is 24. The Morgan fingerprint density at radius 1 is 0.338 bits per heavy atom. The topological polar surface area (TPSA) is 129 Å². The van der Waals surface area contributed by atoms with Gasteiger partial charge in [-0.15, -0.1) is 0 Å². The molecule has 0 rings (SSSR count). The molecular formula is C55H105NO9. The van der Waals surface area contributed by atoms with E-state index in [1.165, 1.54) is 51.4 Å². The zero-order valence-electron chi connectivity index (χ0n) is 43.1. The van der Waals surface area contributed by atoms with E-state index in [1.807, 2.05) is 0 Å². The summed E-state index contributed by atoms with van der Waals surface area (Å²) in [5.41, 5.74) is 0. The molecule has 0 radical (unpaired) electrons. The van der Waals surface area contributed by atoms with Crippen molar-refractivity contribution in [1.29, 1.82) is 0 Å². The predicted octanol–water partition coefficient (Wildman–Crippen LogP) is 14.2. The maximum atomic E-state index is 12.5. The van der Waals surface area contributed by atoms with Gasteiger partial charge in [0.2, 0.25) is 0 Å². The van der Waals surface area contributed by atoms with Crippen molar-refractivity contribution in [2.45, 2.75) is 265 Å². The van der Waals surface area contributed by atoms with Gasteiger partial charge in [0.25, 0.3) is 0 Å². The Morgan fingerprint density at radius 2 is 0.585 bits per heavy atom. The summed E-state index contributed by atoms with van der Waals surface area (Å²) >= 11 is 0. The number of aliphatic hydroxyl groups excluding tert-OH is 1. The van der Waals surface area contributed by atoms with Crippen LogP contribution in [0.1, 0.15) is 265 Å².